The molecule has 2 rings (SSSR count). The highest BCUT2D eigenvalue weighted by Crippen LogP contribution is 2.22. The molecule has 5 nitrogen and oxygen atoms in total. The minimum Gasteiger partial charge on any atom is -0.324 e. The van der Waals surface area contributed by atoms with Crippen LogP contribution in [0.25, 0.3) is 0 Å². The molecule has 0 aliphatic carbocycles. The number of benzene rings is 2. The Hall–Kier alpha value is -1.93. The minimum absolute atomic E-state index is 0.0935. The molecule has 0 fully saturated rings. The number of hydrogen-bond acceptors (Lipinski definition) is 3. The van der Waals surface area contributed by atoms with E-state index in [1.54, 1.807) is 24.3 Å². The van der Waals surface area contributed by atoms with E-state index in [1.165, 1.54) is 25.1 Å². The van der Waals surface area contributed by atoms with Crippen LogP contribution in [0.15, 0.2) is 53.0 Å². The van der Waals surface area contributed by atoms with Gasteiger partial charge in [-0.05, 0) is 49.4 Å². The predicted octanol–water partition coefficient (Wildman–Crippen LogP) is 3.38. The molecule has 0 aliphatic heterocycles. The van der Waals surface area contributed by atoms with Gasteiger partial charge in [0.25, 0.3) is 0 Å². The fourth-order valence-corrected chi connectivity index (χ4v) is 3.63. The van der Waals surface area contributed by atoms with Gasteiger partial charge in [0.2, 0.25) is 15.9 Å². The van der Waals surface area contributed by atoms with Crippen LogP contribution in [0.4, 0.5) is 15.8 Å². The molecule has 0 aliphatic rings. The molecule has 0 saturated heterocycles. The Morgan fingerprint density at radius 1 is 1.21 bits per heavy atom. The van der Waals surface area contributed by atoms with Crippen LogP contribution >= 0.6 is 15.9 Å². The lowest BCUT2D eigenvalue weighted by Crippen LogP contribution is -2.45. The fourth-order valence-electron chi connectivity index (χ4n) is 2.20. The van der Waals surface area contributed by atoms with E-state index in [0.717, 1.165) is 21.1 Å². The molecule has 0 heterocycles. The minimum atomic E-state index is -3.78. The van der Waals surface area contributed by atoms with E-state index in [0.29, 0.717) is 5.69 Å². The Bertz CT molecular complexity index is 841. The molecular formula is C16H16BrFN2O3S. The zero-order valence-corrected chi connectivity index (χ0v) is 15.4. The number of rotatable bonds is 5. The van der Waals surface area contributed by atoms with Gasteiger partial charge in [0.15, 0.2) is 0 Å². The number of anilines is 2. The number of halogens is 2. The highest BCUT2D eigenvalue weighted by atomic mass is 79.9. The SMILES string of the molecule is C[C@H](C(=O)Nc1ccc(Br)cc1)N(c1cccc(F)c1)S(C)(=O)=O. The zero-order valence-electron chi connectivity index (χ0n) is 13.0. The van der Waals surface area contributed by atoms with Gasteiger partial charge in [0.05, 0.1) is 11.9 Å². The molecule has 24 heavy (non-hydrogen) atoms. The van der Waals surface area contributed by atoms with Crippen LogP contribution in [0.2, 0.25) is 0 Å². The Morgan fingerprint density at radius 2 is 1.83 bits per heavy atom. The maximum absolute atomic E-state index is 13.4. The lowest BCUT2D eigenvalue weighted by molar-refractivity contribution is -0.116. The third-order valence-electron chi connectivity index (χ3n) is 3.26. The smallest absolute Gasteiger partial charge is 0.247 e. The summed E-state index contributed by atoms with van der Waals surface area (Å²) in [6, 6.07) is 10.9. The first-order chi connectivity index (χ1) is 11.2. The molecule has 0 saturated carbocycles. The zero-order chi connectivity index (χ0) is 17.9. The van der Waals surface area contributed by atoms with Crippen LogP contribution in [0.1, 0.15) is 6.92 Å². The fraction of sp³-hybridized carbons (Fsp3) is 0.188. The van der Waals surface area contributed by atoms with Crippen molar-refractivity contribution < 1.29 is 17.6 Å². The van der Waals surface area contributed by atoms with Crippen molar-refractivity contribution >= 4 is 43.2 Å². The van der Waals surface area contributed by atoms with E-state index >= 15 is 0 Å². The van der Waals surface area contributed by atoms with E-state index in [2.05, 4.69) is 21.2 Å². The van der Waals surface area contributed by atoms with Crippen molar-refractivity contribution in [2.45, 2.75) is 13.0 Å². The first kappa shape index (κ1) is 18.4. The van der Waals surface area contributed by atoms with Gasteiger partial charge >= 0.3 is 0 Å². The maximum atomic E-state index is 13.4. The van der Waals surface area contributed by atoms with Crippen molar-refractivity contribution in [1.82, 2.24) is 0 Å². The van der Waals surface area contributed by atoms with E-state index in [9.17, 15) is 17.6 Å². The number of hydrogen-bond donors (Lipinski definition) is 1. The van der Waals surface area contributed by atoms with Gasteiger partial charge in [-0.3, -0.25) is 9.10 Å². The lowest BCUT2D eigenvalue weighted by atomic mass is 10.2. The van der Waals surface area contributed by atoms with Crippen LogP contribution in [0.3, 0.4) is 0 Å². The van der Waals surface area contributed by atoms with Crippen LogP contribution in [0, 0.1) is 5.82 Å². The van der Waals surface area contributed by atoms with Crippen molar-refractivity contribution in [2.75, 3.05) is 15.9 Å². The van der Waals surface area contributed by atoms with Crippen LogP contribution in [-0.4, -0.2) is 26.6 Å². The van der Waals surface area contributed by atoms with Crippen molar-refractivity contribution in [3.63, 3.8) is 0 Å². The summed E-state index contributed by atoms with van der Waals surface area (Å²) in [5.41, 5.74) is 0.624. The van der Waals surface area contributed by atoms with Crippen LogP contribution in [-0.2, 0) is 14.8 Å². The standard InChI is InChI=1S/C16H16BrFN2O3S/c1-11(16(21)19-14-8-6-12(17)7-9-14)20(24(2,22)23)15-5-3-4-13(18)10-15/h3-11H,1-2H3,(H,19,21)/t11-/m1/s1. The molecule has 2 aromatic carbocycles. The predicted molar refractivity (Wildman–Crippen MR) is 96.0 cm³/mol. The average Bonchev–Trinajstić information content (AvgIpc) is 2.48. The van der Waals surface area contributed by atoms with Crippen molar-refractivity contribution in [3.8, 4) is 0 Å². The van der Waals surface area contributed by atoms with E-state index in [-0.39, 0.29) is 5.69 Å². The Morgan fingerprint density at radius 3 is 2.38 bits per heavy atom. The van der Waals surface area contributed by atoms with Gasteiger partial charge in [-0.1, -0.05) is 22.0 Å². The number of carbonyl (C=O) groups excluding carboxylic acids is 1. The summed E-state index contributed by atoms with van der Waals surface area (Å²) in [5, 5.41) is 2.65. The number of amides is 1. The monoisotopic (exact) mass is 414 g/mol. The Labute approximate surface area is 148 Å². The largest absolute Gasteiger partial charge is 0.324 e. The van der Waals surface area contributed by atoms with Gasteiger partial charge in [0.1, 0.15) is 11.9 Å². The molecule has 0 bridgehead atoms. The first-order valence-electron chi connectivity index (χ1n) is 7.00. The number of sulfonamides is 1. The molecule has 0 aromatic heterocycles. The molecular weight excluding hydrogens is 399 g/mol. The summed E-state index contributed by atoms with van der Waals surface area (Å²) in [5.74, 6) is -1.10. The number of nitrogens with one attached hydrogen (secondary N) is 1. The van der Waals surface area contributed by atoms with Gasteiger partial charge < -0.3 is 5.32 Å². The third kappa shape index (κ3) is 4.55. The second-order valence-corrected chi connectivity index (χ2v) is 7.99. The summed E-state index contributed by atoms with van der Waals surface area (Å²) in [6.07, 6.45) is 0.974. The van der Waals surface area contributed by atoms with Crippen LogP contribution < -0.4 is 9.62 Å². The van der Waals surface area contributed by atoms with E-state index in [1.807, 2.05) is 0 Å². The number of nitrogens with zero attached hydrogens (tertiary/aromatic N) is 1. The second kappa shape index (κ2) is 7.31. The van der Waals surface area contributed by atoms with Crippen molar-refractivity contribution in [3.05, 3.63) is 58.8 Å². The molecule has 2 aromatic rings. The topological polar surface area (TPSA) is 66.5 Å². The number of carbonyl (C=O) groups is 1. The molecule has 0 spiro atoms. The molecule has 1 amide bonds. The van der Waals surface area contributed by atoms with E-state index < -0.39 is 27.8 Å². The summed E-state index contributed by atoms with van der Waals surface area (Å²) < 4.78 is 39.4. The quantitative estimate of drug-likeness (QED) is 0.815. The van der Waals surface area contributed by atoms with Gasteiger partial charge in [-0.2, -0.15) is 0 Å². The van der Waals surface area contributed by atoms with Crippen molar-refractivity contribution in [2.24, 2.45) is 0 Å². The molecule has 0 radical (unpaired) electrons. The van der Waals surface area contributed by atoms with Crippen molar-refractivity contribution in [1.29, 1.82) is 0 Å². The van der Waals surface area contributed by atoms with Gasteiger partial charge in [0, 0.05) is 10.2 Å². The molecule has 128 valence electrons. The van der Waals surface area contributed by atoms with Gasteiger partial charge in [-0.25, -0.2) is 12.8 Å². The molecule has 0 unspecified atom stereocenters. The highest BCUT2D eigenvalue weighted by Gasteiger charge is 2.29. The molecule has 1 N–H and O–H groups in total. The maximum Gasteiger partial charge on any atom is 0.247 e. The third-order valence-corrected chi connectivity index (χ3v) is 5.03. The van der Waals surface area contributed by atoms with Crippen LogP contribution in [0.5, 0.6) is 0 Å². The second-order valence-electron chi connectivity index (χ2n) is 5.21. The Balaban J connectivity index is 2.29. The van der Waals surface area contributed by atoms with E-state index in [4.69, 9.17) is 0 Å². The lowest BCUT2D eigenvalue weighted by Gasteiger charge is -2.28. The molecule has 8 heteroatoms. The average molecular weight is 415 g/mol. The summed E-state index contributed by atoms with van der Waals surface area (Å²) in [7, 11) is -3.78. The first-order valence-corrected chi connectivity index (χ1v) is 9.64. The Kier molecular flexibility index (Phi) is 5.61. The van der Waals surface area contributed by atoms with Gasteiger partial charge in [-0.15, -0.1) is 0 Å². The highest BCUT2D eigenvalue weighted by molar-refractivity contribution is 9.10. The summed E-state index contributed by atoms with van der Waals surface area (Å²) in [4.78, 5) is 12.4. The summed E-state index contributed by atoms with van der Waals surface area (Å²) in [6.45, 7) is 1.44. The normalized spacial score (nSPS) is 12.5. The molecule has 1 atom stereocenters. The summed E-state index contributed by atoms with van der Waals surface area (Å²) >= 11 is 3.29.